The molecule has 0 aliphatic carbocycles. The molecule has 9 nitrogen and oxygen atoms in total. The zero-order valence-corrected chi connectivity index (χ0v) is 14.3. The van der Waals surface area contributed by atoms with Gasteiger partial charge in [-0.2, -0.15) is 4.98 Å². The molecule has 24 heavy (non-hydrogen) atoms. The molecule has 0 amide bonds. The highest BCUT2D eigenvalue weighted by Crippen LogP contribution is 2.18. The minimum Gasteiger partial charge on any atom is -0.469 e. The zero-order valence-electron chi connectivity index (χ0n) is 14.3. The van der Waals surface area contributed by atoms with Crippen LogP contribution in [-0.4, -0.2) is 36.2 Å². The molecule has 0 saturated carbocycles. The van der Waals surface area contributed by atoms with Crippen molar-refractivity contribution in [3.05, 3.63) is 32.2 Å². The molecular formula is C15H19N5O4. The molecule has 0 aliphatic rings. The van der Waals surface area contributed by atoms with Crippen molar-refractivity contribution < 1.29 is 9.53 Å². The van der Waals surface area contributed by atoms with Crippen LogP contribution in [0.4, 0.5) is 0 Å². The number of aromatic nitrogens is 5. The average molecular weight is 333 g/mol. The summed E-state index contributed by atoms with van der Waals surface area (Å²) >= 11 is 0. The maximum atomic E-state index is 12.9. The molecular weight excluding hydrogens is 314 g/mol. The second-order valence-electron chi connectivity index (χ2n) is 5.77. The van der Waals surface area contributed by atoms with Crippen LogP contribution in [0.3, 0.4) is 0 Å². The Kier molecular flexibility index (Phi) is 3.58. The molecule has 0 saturated heterocycles. The van der Waals surface area contributed by atoms with Crippen LogP contribution in [0.5, 0.6) is 0 Å². The minimum absolute atomic E-state index is 0.0355. The Balaban J connectivity index is 2.38. The van der Waals surface area contributed by atoms with Crippen molar-refractivity contribution in [2.75, 3.05) is 7.11 Å². The summed E-state index contributed by atoms with van der Waals surface area (Å²) in [5.41, 5.74) is 1.55. The highest BCUT2D eigenvalue weighted by atomic mass is 16.5. The number of fused-ring (bicyclic) bond motifs is 3. The van der Waals surface area contributed by atoms with Gasteiger partial charge < -0.3 is 9.30 Å². The van der Waals surface area contributed by atoms with E-state index in [1.165, 1.54) is 11.7 Å². The normalized spacial score (nSPS) is 11.5. The van der Waals surface area contributed by atoms with E-state index in [1.54, 1.807) is 11.4 Å². The van der Waals surface area contributed by atoms with Gasteiger partial charge >= 0.3 is 11.7 Å². The predicted molar refractivity (Wildman–Crippen MR) is 87.3 cm³/mol. The summed E-state index contributed by atoms with van der Waals surface area (Å²) in [5.74, 6) is 0.118. The van der Waals surface area contributed by atoms with Gasteiger partial charge in [-0.1, -0.05) is 0 Å². The van der Waals surface area contributed by atoms with Crippen molar-refractivity contribution in [1.29, 1.82) is 0 Å². The number of nitrogens with zero attached hydrogens (tertiary/aromatic N) is 5. The summed E-state index contributed by atoms with van der Waals surface area (Å²) in [6.07, 6.45) is -0.0497. The third kappa shape index (κ3) is 2.00. The van der Waals surface area contributed by atoms with E-state index < -0.39 is 17.2 Å². The van der Waals surface area contributed by atoms with Gasteiger partial charge in [0.2, 0.25) is 5.78 Å². The quantitative estimate of drug-likeness (QED) is 0.622. The van der Waals surface area contributed by atoms with Crippen LogP contribution in [0.15, 0.2) is 9.59 Å². The molecule has 0 fully saturated rings. The van der Waals surface area contributed by atoms with E-state index in [-0.39, 0.29) is 13.0 Å². The Morgan fingerprint density at radius 3 is 2.42 bits per heavy atom. The second kappa shape index (κ2) is 5.36. The van der Waals surface area contributed by atoms with E-state index in [9.17, 15) is 14.4 Å². The zero-order chi connectivity index (χ0) is 17.8. The Bertz CT molecular complexity index is 1100. The highest BCUT2D eigenvalue weighted by Gasteiger charge is 2.21. The molecule has 0 aliphatic heterocycles. The van der Waals surface area contributed by atoms with E-state index in [1.807, 2.05) is 25.5 Å². The molecule has 3 aromatic rings. The number of carbonyl (C=O) groups is 1. The minimum atomic E-state index is -0.505. The number of ether oxygens (including phenoxy) is 1. The number of esters is 1. The van der Waals surface area contributed by atoms with Crippen molar-refractivity contribution in [1.82, 2.24) is 23.1 Å². The first-order chi connectivity index (χ1) is 11.3. The fourth-order valence-electron chi connectivity index (χ4n) is 2.91. The van der Waals surface area contributed by atoms with E-state index in [4.69, 9.17) is 0 Å². The summed E-state index contributed by atoms with van der Waals surface area (Å²) in [4.78, 5) is 41.1. The van der Waals surface area contributed by atoms with Gasteiger partial charge in [0.05, 0.1) is 13.5 Å². The van der Waals surface area contributed by atoms with Crippen molar-refractivity contribution in [3.63, 3.8) is 0 Å². The lowest BCUT2D eigenvalue weighted by molar-refractivity contribution is -0.140. The monoisotopic (exact) mass is 333 g/mol. The topological polar surface area (TPSA) is 92.5 Å². The molecule has 3 rings (SSSR count). The summed E-state index contributed by atoms with van der Waals surface area (Å²) in [6, 6.07) is 0. The first kappa shape index (κ1) is 16.0. The Morgan fingerprint density at radius 1 is 1.12 bits per heavy atom. The van der Waals surface area contributed by atoms with Crippen LogP contribution in [0.1, 0.15) is 17.8 Å². The van der Waals surface area contributed by atoms with Crippen LogP contribution in [0.25, 0.3) is 16.9 Å². The fraction of sp³-hybridized carbons (Fsp3) is 0.467. The first-order valence-electron chi connectivity index (χ1n) is 7.50. The van der Waals surface area contributed by atoms with Crippen LogP contribution >= 0.6 is 0 Å². The summed E-state index contributed by atoms with van der Waals surface area (Å²) in [5, 5.41) is 0. The number of hydrogen-bond acceptors (Lipinski definition) is 5. The standard InChI is InChI=1S/C15H19N5O4/c1-8-9(2)20-11-12(16-14(20)17(8)3)18(4)15(23)19(13(11)22)7-6-10(21)24-5/h6-7H2,1-5H3. The van der Waals surface area contributed by atoms with Crippen molar-refractivity contribution in [2.45, 2.75) is 26.8 Å². The molecule has 0 atom stereocenters. The van der Waals surface area contributed by atoms with Crippen LogP contribution in [-0.2, 0) is 30.2 Å². The van der Waals surface area contributed by atoms with E-state index in [2.05, 4.69) is 9.72 Å². The van der Waals surface area contributed by atoms with Crippen LogP contribution in [0, 0.1) is 13.8 Å². The number of rotatable bonds is 3. The van der Waals surface area contributed by atoms with Gasteiger partial charge in [0.15, 0.2) is 11.2 Å². The molecule has 3 heterocycles. The number of carbonyl (C=O) groups excluding carboxylic acids is 1. The van der Waals surface area contributed by atoms with Gasteiger partial charge in [0.25, 0.3) is 5.56 Å². The SMILES string of the molecule is COC(=O)CCn1c(=O)c2c(nc3n(C)c(C)c(C)n23)n(C)c1=O. The lowest BCUT2D eigenvalue weighted by atomic mass is 10.3. The number of methoxy groups -OCH3 is 1. The molecule has 3 aromatic heterocycles. The molecule has 9 heteroatoms. The molecule has 0 aromatic carbocycles. The van der Waals surface area contributed by atoms with Crippen molar-refractivity contribution in [2.24, 2.45) is 14.1 Å². The lowest BCUT2D eigenvalue weighted by Crippen LogP contribution is -2.40. The molecule has 0 radical (unpaired) electrons. The van der Waals surface area contributed by atoms with Gasteiger partial charge in [-0.15, -0.1) is 0 Å². The molecule has 0 bridgehead atoms. The Labute approximate surface area is 136 Å². The summed E-state index contributed by atoms with van der Waals surface area (Å²) < 4.78 is 10.6. The molecule has 0 spiro atoms. The van der Waals surface area contributed by atoms with Crippen molar-refractivity contribution >= 4 is 22.9 Å². The smallest absolute Gasteiger partial charge is 0.332 e. The Morgan fingerprint density at radius 2 is 1.79 bits per heavy atom. The van der Waals surface area contributed by atoms with E-state index in [0.29, 0.717) is 16.9 Å². The number of hydrogen-bond donors (Lipinski definition) is 0. The maximum absolute atomic E-state index is 12.9. The largest absolute Gasteiger partial charge is 0.469 e. The summed E-state index contributed by atoms with van der Waals surface area (Å²) in [6.45, 7) is 3.80. The molecule has 128 valence electrons. The number of imidazole rings is 2. The lowest BCUT2D eigenvalue weighted by Gasteiger charge is -2.07. The van der Waals surface area contributed by atoms with E-state index in [0.717, 1.165) is 16.0 Å². The molecule has 0 N–H and O–H groups in total. The molecule has 0 unspecified atom stereocenters. The highest BCUT2D eigenvalue weighted by molar-refractivity contribution is 5.76. The summed E-state index contributed by atoms with van der Waals surface area (Å²) in [7, 11) is 4.69. The fourth-order valence-corrected chi connectivity index (χ4v) is 2.91. The third-order valence-corrected chi connectivity index (χ3v) is 4.55. The predicted octanol–water partition coefficient (Wildman–Crippen LogP) is -0.134. The van der Waals surface area contributed by atoms with Gasteiger partial charge in [-0.3, -0.25) is 23.1 Å². The Hall–Kier alpha value is -2.84. The van der Waals surface area contributed by atoms with E-state index >= 15 is 0 Å². The average Bonchev–Trinajstić information content (AvgIpc) is 3.05. The van der Waals surface area contributed by atoms with Crippen LogP contribution in [0.2, 0.25) is 0 Å². The second-order valence-corrected chi connectivity index (χ2v) is 5.77. The first-order valence-corrected chi connectivity index (χ1v) is 7.50. The van der Waals surface area contributed by atoms with Crippen molar-refractivity contribution in [3.8, 4) is 0 Å². The number of aryl methyl sites for hydroxylation is 3. The maximum Gasteiger partial charge on any atom is 0.332 e. The third-order valence-electron chi connectivity index (χ3n) is 4.55. The van der Waals surface area contributed by atoms with Gasteiger partial charge in [-0.25, -0.2) is 4.79 Å². The van der Waals surface area contributed by atoms with Gasteiger partial charge in [0.1, 0.15) is 0 Å². The van der Waals surface area contributed by atoms with Gasteiger partial charge in [0, 0.05) is 32.0 Å². The van der Waals surface area contributed by atoms with Crippen LogP contribution < -0.4 is 11.2 Å². The van der Waals surface area contributed by atoms with Gasteiger partial charge in [-0.05, 0) is 13.8 Å².